The quantitative estimate of drug-likeness (QED) is 0.903. The molecule has 0 saturated heterocycles. The lowest BCUT2D eigenvalue weighted by Crippen LogP contribution is -2.14. The van der Waals surface area contributed by atoms with Gasteiger partial charge in [0.25, 0.3) is 5.91 Å². The van der Waals surface area contributed by atoms with Crippen LogP contribution in [-0.2, 0) is 6.42 Å². The van der Waals surface area contributed by atoms with E-state index < -0.39 is 17.5 Å². The number of nitrogens with two attached hydrogens (primary N) is 1. The average molecular weight is 283 g/mol. The van der Waals surface area contributed by atoms with Gasteiger partial charge in [0.05, 0.1) is 10.7 Å². The molecule has 0 radical (unpaired) electrons. The van der Waals surface area contributed by atoms with Crippen molar-refractivity contribution < 1.29 is 13.6 Å². The lowest BCUT2D eigenvalue weighted by atomic mass is 10.3. The minimum Gasteiger partial charge on any atom is -0.330 e. The Morgan fingerprint density at radius 2 is 2.21 bits per heavy atom. The summed E-state index contributed by atoms with van der Waals surface area (Å²) >= 11 is 1.31. The first-order valence-corrected chi connectivity index (χ1v) is 6.39. The van der Waals surface area contributed by atoms with Crippen LogP contribution in [0, 0.1) is 11.6 Å². The number of benzene rings is 1. The fourth-order valence-corrected chi connectivity index (χ4v) is 2.22. The lowest BCUT2D eigenvalue weighted by Gasteiger charge is -2.04. The number of nitrogens with zero attached hydrogens (tertiary/aromatic N) is 1. The van der Waals surface area contributed by atoms with Crippen molar-refractivity contribution in [3.8, 4) is 0 Å². The standard InChI is InChI=1S/C12H11F2N3OS/c13-7-1-2-9(8(14)5-7)17-12(18)10-6-19-11(16-10)3-4-15/h1-2,5-6H,3-4,15H2,(H,17,18). The molecule has 100 valence electrons. The summed E-state index contributed by atoms with van der Waals surface area (Å²) < 4.78 is 26.1. The Bertz CT molecular complexity index is 600. The zero-order valence-electron chi connectivity index (χ0n) is 9.82. The molecule has 0 saturated carbocycles. The maximum Gasteiger partial charge on any atom is 0.275 e. The Hall–Kier alpha value is -1.86. The number of anilines is 1. The molecule has 19 heavy (non-hydrogen) atoms. The van der Waals surface area contributed by atoms with Crippen LogP contribution in [0.1, 0.15) is 15.5 Å². The summed E-state index contributed by atoms with van der Waals surface area (Å²) in [6, 6.07) is 2.94. The number of rotatable bonds is 4. The van der Waals surface area contributed by atoms with Gasteiger partial charge in [-0.2, -0.15) is 0 Å². The Kier molecular flexibility index (Phi) is 4.18. The number of carbonyl (C=O) groups excluding carboxylic acids is 1. The smallest absolute Gasteiger partial charge is 0.275 e. The van der Waals surface area contributed by atoms with Crippen LogP contribution in [0.15, 0.2) is 23.6 Å². The third-order valence-electron chi connectivity index (χ3n) is 2.32. The number of carbonyl (C=O) groups is 1. The fraction of sp³-hybridized carbons (Fsp3) is 0.167. The molecule has 1 amide bonds. The van der Waals surface area contributed by atoms with E-state index in [9.17, 15) is 13.6 Å². The summed E-state index contributed by atoms with van der Waals surface area (Å²) in [6.07, 6.45) is 0.586. The summed E-state index contributed by atoms with van der Waals surface area (Å²) in [5.41, 5.74) is 5.49. The SMILES string of the molecule is NCCc1nc(C(=O)Nc2ccc(F)cc2F)cs1. The van der Waals surface area contributed by atoms with Crippen LogP contribution >= 0.6 is 11.3 Å². The van der Waals surface area contributed by atoms with E-state index in [0.29, 0.717) is 19.0 Å². The van der Waals surface area contributed by atoms with Crippen molar-refractivity contribution in [3.63, 3.8) is 0 Å². The molecule has 1 aromatic heterocycles. The molecule has 0 bridgehead atoms. The maximum absolute atomic E-state index is 13.4. The van der Waals surface area contributed by atoms with Crippen molar-refractivity contribution in [1.29, 1.82) is 0 Å². The summed E-state index contributed by atoms with van der Waals surface area (Å²) in [7, 11) is 0. The van der Waals surface area contributed by atoms with Crippen molar-refractivity contribution in [2.45, 2.75) is 6.42 Å². The van der Waals surface area contributed by atoms with Gasteiger partial charge in [0.15, 0.2) is 0 Å². The van der Waals surface area contributed by atoms with Crippen molar-refractivity contribution in [2.75, 3.05) is 11.9 Å². The van der Waals surface area contributed by atoms with Gasteiger partial charge in [-0.15, -0.1) is 11.3 Å². The van der Waals surface area contributed by atoms with Gasteiger partial charge in [-0.1, -0.05) is 0 Å². The van der Waals surface area contributed by atoms with Crippen LogP contribution in [0.25, 0.3) is 0 Å². The Morgan fingerprint density at radius 1 is 1.42 bits per heavy atom. The first kappa shape index (κ1) is 13.6. The third kappa shape index (κ3) is 3.33. The van der Waals surface area contributed by atoms with Crippen LogP contribution in [-0.4, -0.2) is 17.4 Å². The molecule has 7 heteroatoms. The van der Waals surface area contributed by atoms with Crippen LogP contribution in [0.4, 0.5) is 14.5 Å². The zero-order valence-corrected chi connectivity index (χ0v) is 10.6. The van der Waals surface area contributed by atoms with Gasteiger partial charge in [-0.05, 0) is 18.7 Å². The van der Waals surface area contributed by atoms with E-state index in [2.05, 4.69) is 10.3 Å². The van der Waals surface area contributed by atoms with Gasteiger partial charge in [0, 0.05) is 17.9 Å². The molecule has 1 aromatic carbocycles. The second kappa shape index (κ2) is 5.85. The first-order chi connectivity index (χ1) is 9.10. The molecule has 0 aliphatic heterocycles. The van der Waals surface area contributed by atoms with Gasteiger partial charge >= 0.3 is 0 Å². The molecule has 0 fully saturated rings. The van der Waals surface area contributed by atoms with Crippen LogP contribution in [0.2, 0.25) is 0 Å². The number of halogens is 2. The molecule has 0 spiro atoms. The number of hydrogen-bond acceptors (Lipinski definition) is 4. The van der Waals surface area contributed by atoms with E-state index in [-0.39, 0.29) is 11.4 Å². The molecule has 2 rings (SSSR count). The second-order valence-electron chi connectivity index (χ2n) is 3.74. The lowest BCUT2D eigenvalue weighted by molar-refractivity contribution is 0.102. The molecule has 2 aromatic rings. The van der Waals surface area contributed by atoms with Crippen LogP contribution < -0.4 is 11.1 Å². The number of hydrogen-bond donors (Lipinski definition) is 2. The number of nitrogens with one attached hydrogen (secondary N) is 1. The Balaban J connectivity index is 2.11. The summed E-state index contributed by atoms with van der Waals surface area (Å²) in [6.45, 7) is 0.446. The molecule has 3 N–H and O–H groups in total. The summed E-state index contributed by atoms with van der Waals surface area (Å²) in [5.74, 6) is -2.06. The Labute approximate surface area is 112 Å². The van der Waals surface area contributed by atoms with Gasteiger partial charge in [-0.25, -0.2) is 13.8 Å². The van der Waals surface area contributed by atoms with Crippen molar-refractivity contribution in [3.05, 3.63) is 45.9 Å². The second-order valence-corrected chi connectivity index (χ2v) is 4.69. The van der Waals surface area contributed by atoms with E-state index in [1.165, 1.54) is 11.3 Å². The van der Waals surface area contributed by atoms with Gasteiger partial charge in [0.2, 0.25) is 0 Å². The third-order valence-corrected chi connectivity index (χ3v) is 3.23. The minimum absolute atomic E-state index is 0.0835. The largest absolute Gasteiger partial charge is 0.330 e. The van der Waals surface area contributed by atoms with Gasteiger partial charge < -0.3 is 11.1 Å². The zero-order chi connectivity index (χ0) is 13.8. The van der Waals surface area contributed by atoms with Crippen molar-refractivity contribution in [1.82, 2.24) is 4.98 Å². The van der Waals surface area contributed by atoms with Crippen molar-refractivity contribution >= 4 is 22.9 Å². The molecule has 0 aliphatic carbocycles. The fourth-order valence-electron chi connectivity index (χ4n) is 1.43. The normalized spacial score (nSPS) is 10.5. The number of aromatic nitrogens is 1. The average Bonchev–Trinajstić information content (AvgIpc) is 2.82. The Morgan fingerprint density at radius 3 is 2.89 bits per heavy atom. The van der Waals surface area contributed by atoms with Gasteiger partial charge in [0.1, 0.15) is 17.3 Å². The van der Waals surface area contributed by atoms with Crippen LogP contribution in [0.3, 0.4) is 0 Å². The van der Waals surface area contributed by atoms with Crippen molar-refractivity contribution in [2.24, 2.45) is 5.73 Å². The number of amides is 1. The molecule has 0 atom stereocenters. The number of thiazole rings is 1. The molecule has 0 aliphatic rings. The van der Waals surface area contributed by atoms with E-state index >= 15 is 0 Å². The summed E-state index contributed by atoms with van der Waals surface area (Å²) in [4.78, 5) is 15.9. The van der Waals surface area contributed by atoms with E-state index in [1.807, 2.05) is 0 Å². The van der Waals surface area contributed by atoms with E-state index in [0.717, 1.165) is 17.1 Å². The minimum atomic E-state index is -0.828. The topological polar surface area (TPSA) is 68.0 Å². The first-order valence-electron chi connectivity index (χ1n) is 5.51. The highest BCUT2D eigenvalue weighted by atomic mass is 32.1. The summed E-state index contributed by atoms with van der Waals surface area (Å²) in [5, 5.41) is 4.66. The predicted molar refractivity (Wildman–Crippen MR) is 69.2 cm³/mol. The molecular formula is C12H11F2N3OS. The highest BCUT2D eigenvalue weighted by molar-refractivity contribution is 7.09. The van der Waals surface area contributed by atoms with E-state index in [1.54, 1.807) is 5.38 Å². The molecule has 4 nitrogen and oxygen atoms in total. The highest BCUT2D eigenvalue weighted by Gasteiger charge is 2.13. The maximum atomic E-state index is 13.4. The van der Waals surface area contributed by atoms with E-state index in [4.69, 9.17) is 5.73 Å². The highest BCUT2D eigenvalue weighted by Crippen LogP contribution is 2.17. The monoisotopic (exact) mass is 283 g/mol. The molecular weight excluding hydrogens is 272 g/mol. The van der Waals surface area contributed by atoms with Crippen LogP contribution in [0.5, 0.6) is 0 Å². The molecule has 1 heterocycles. The van der Waals surface area contributed by atoms with Gasteiger partial charge in [-0.3, -0.25) is 4.79 Å². The predicted octanol–water partition coefficient (Wildman–Crippen LogP) is 2.17. The molecule has 0 unspecified atom stereocenters.